The number of rotatable bonds is 8. The molecular weight excluding hydrogens is 226 g/mol. The third kappa shape index (κ3) is 6.77. The van der Waals surface area contributed by atoms with E-state index in [0.717, 1.165) is 25.7 Å². The van der Waals surface area contributed by atoms with Crippen LogP contribution < -0.4 is 5.32 Å². The van der Waals surface area contributed by atoms with Crippen molar-refractivity contribution in [3.8, 4) is 0 Å². The van der Waals surface area contributed by atoms with Gasteiger partial charge in [-0.05, 0) is 19.3 Å². The van der Waals surface area contributed by atoms with Crippen molar-refractivity contribution < 1.29 is 9.59 Å². The van der Waals surface area contributed by atoms with Gasteiger partial charge in [0.2, 0.25) is 5.91 Å². The van der Waals surface area contributed by atoms with E-state index in [9.17, 15) is 9.59 Å². The molecule has 3 heteroatoms. The van der Waals surface area contributed by atoms with Crippen molar-refractivity contribution in [1.29, 1.82) is 0 Å². The molecule has 0 aliphatic heterocycles. The number of ketones is 1. The van der Waals surface area contributed by atoms with Gasteiger partial charge in [-0.25, -0.2) is 0 Å². The van der Waals surface area contributed by atoms with E-state index in [1.807, 2.05) is 0 Å². The van der Waals surface area contributed by atoms with Crippen molar-refractivity contribution in [1.82, 2.24) is 5.32 Å². The Kier molecular flexibility index (Phi) is 7.70. The molecule has 0 saturated heterocycles. The van der Waals surface area contributed by atoms with Gasteiger partial charge in [-0.3, -0.25) is 9.59 Å². The van der Waals surface area contributed by atoms with Gasteiger partial charge in [0.05, 0.1) is 0 Å². The fourth-order valence-electron chi connectivity index (χ4n) is 2.45. The van der Waals surface area contributed by atoms with Gasteiger partial charge in [-0.1, -0.05) is 39.0 Å². The maximum atomic E-state index is 11.7. The van der Waals surface area contributed by atoms with Crippen molar-refractivity contribution in [2.75, 3.05) is 0 Å². The smallest absolute Gasteiger partial charge is 0.220 e. The molecule has 1 N–H and O–H groups in total. The Morgan fingerprint density at radius 3 is 2.39 bits per heavy atom. The molecule has 104 valence electrons. The second-order valence-corrected chi connectivity index (χ2v) is 5.40. The standard InChI is InChI=1S/C15H27NO2/c1-2-3-4-5-6-7-8-15(18)16-13-9-11-14(17)12-10-13/h13H,2-12H2,1H3,(H,16,18). The first-order valence-corrected chi connectivity index (χ1v) is 7.53. The zero-order valence-corrected chi connectivity index (χ0v) is 11.7. The molecule has 3 nitrogen and oxygen atoms in total. The van der Waals surface area contributed by atoms with Crippen LogP contribution in [0.4, 0.5) is 0 Å². The molecule has 1 amide bonds. The molecule has 0 spiro atoms. The number of hydrogen-bond donors (Lipinski definition) is 1. The Balaban J connectivity index is 1.98. The van der Waals surface area contributed by atoms with Gasteiger partial charge >= 0.3 is 0 Å². The molecule has 1 saturated carbocycles. The van der Waals surface area contributed by atoms with Gasteiger partial charge in [0.25, 0.3) is 0 Å². The van der Waals surface area contributed by atoms with Crippen molar-refractivity contribution in [3.05, 3.63) is 0 Å². The number of carbonyl (C=O) groups excluding carboxylic acids is 2. The van der Waals surface area contributed by atoms with E-state index in [4.69, 9.17) is 0 Å². The largest absolute Gasteiger partial charge is 0.353 e. The molecule has 1 aliphatic carbocycles. The van der Waals surface area contributed by atoms with Crippen LogP contribution in [0.3, 0.4) is 0 Å². The second kappa shape index (κ2) is 9.12. The summed E-state index contributed by atoms with van der Waals surface area (Å²) in [5, 5.41) is 3.05. The number of nitrogens with one attached hydrogen (secondary N) is 1. The lowest BCUT2D eigenvalue weighted by molar-refractivity contribution is -0.124. The van der Waals surface area contributed by atoms with Crippen LogP contribution in [0, 0.1) is 0 Å². The van der Waals surface area contributed by atoms with Crippen molar-refractivity contribution in [2.45, 2.75) is 83.6 Å². The molecule has 1 aliphatic rings. The first-order chi connectivity index (χ1) is 8.72. The first kappa shape index (κ1) is 15.2. The molecule has 0 atom stereocenters. The quantitative estimate of drug-likeness (QED) is 0.674. The second-order valence-electron chi connectivity index (χ2n) is 5.40. The van der Waals surface area contributed by atoms with Crippen LogP contribution in [-0.2, 0) is 9.59 Å². The van der Waals surface area contributed by atoms with Gasteiger partial charge in [0.15, 0.2) is 0 Å². The third-order valence-corrected chi connectivity index (χ3v) is 3.67. The lowest BCUT2D eigenvalue weighted by Gasteiger charge is -2.22. The zero-order chi connectivity index (χ0) is 13.2. The van der Waals surface area contributed by atoms with Crippen LogP contribution in [0.1, 0.15) is 77.6 Å². The van der Waals surface area contributed by atoms with Crippen molar-refractivity contribution >= 4 is 11.7 Å². The normalized spacial score (nSPS) is 16.8. The Morgan fingerprint density at radius 1 is 1.11 bits per heavy atom. The predicted octanol–water partition coefficient (Wildman–Crippen LogP) is 3.36. The summed E-state index contributed by atoms with van der Waals surface area (Å²) in [5.41, 5.74) is 0. The summed E-state index contributed by atoms with van der Waals surface area (Å²) in [4.78, 5) is 22.8. The highest BCUT2D eigenvalue weighted by atomic mass is 16.1. The van der Waals surface area contributed by atoms with Crippen LogP contribution in [-0.4, -0.2) is 17.7 Å². The van der Waals surface area contributed by atoms with E-state index in [2.05, 4.69) is 12.2 Å². The lowest BCUT2D eigenvalue weighted by atomic mass is 9.94. The summed E-state index contributed by atoms with van der Waals surface area (Å²) in [6, 6.07) is 0.246. The maximum absolute atomic E-state index is 11.7. The molecule has 18 heavy (non-hydrogen) atoms. The van der Waals surface area contributed by atoms with Gasteiger partial charge in [0.1, 0.15) is 5.78 Å². The Morgan fingerprint density at radius 2 is 1.72 bits per heavy atom. The molecular formula is C15H27NO2. The minimum Gasteiger partial charge on any atom is -0.353 e. The number of Topliss-reactive ketones (excluding diaryl/α,β-unsaturated/α-hetero) is 1. The average Bonchev–Trinajstić information content (AvgIpc) is 2.36. The van der Waals surface area contributed by atoms with E-state index in [1.54, 1.807) is 0 Å². The fourth-order valence-corrected chi connectivity index (χ4v) is 2.45. The number of carbonyl (C=O) groups is 2. The summed E-state index contributed by atoms with van der Waals surface area (Å²) >= 11 is 0. The molecule has 1 fully saturated rings. The average molecular weight is 253 g/mol. The number of amides is 1. The van der Waals surface area contributed by atoms with Gasteiger partial charge in [0, 0.05) is 25.3 Å². The monoisotopic (exact) mass is 253 g/mol. The molecule has 0 unspecified atom stereocenters. The summed E-state index contributed by atoms with van der Waals surface area (Å²) in [6.45, 7) is 2.21. The predicted molar refractivity (Wildman–Crippen MR) is 73.4 cm³/mol. The van der Waals surface area contributed by atoms with Gasteiger partial charge in [-0.2, -0.15) is 0 Å². The van der Waals surface area contributed by atoms with E-state index < -0.39 is 0 Å². The summed E-state index contributed by atoms with van der Waals surface area (Å²) in [6.07, 6.45) is 10.9. The number of hydrogen-bond acceptors (Lipinski definition) is 2. The van der Waals surface area contributed by atoms with Crippen molar-refractivity contribution in [3.63, 3.8) is 0 Å². The molecule has 0 heterocycles. The molecule has 1 rings (SSSR count). The highest BCUT2D eigenvalue weighted by Crippen LogP contribution is 2.15. The zero-order valence-electron chi connectivity index (χ0n) is 11.7. The number of unbranched alkanes of at least 4 members (excludes halogenated alkanes) is 5. The molecule has 0 bridgehead atoms. The highest BCUT2D eigenvalue weighted by molar-refractivity contribution is 5.80. The Hall–Kier alpha value is -0.860. The Bertz CT molecular complexity index is 253. The minimum atomic E-state index is 0.171. The van der Waals surface area contributed by atoms with Gasteiger partial charge < -0.3 is 5.32 Å². The summed E-state index contributed by atoms with van der Waals surface area (Å²) < 4.78 is 0. The van der Waals surface area contributed by atoms with Gasteiger partial charge in [-0.15, -0.1) is 0 Å². The lowest BCUT2D eigenvalue weighted by Crippen LogP contribution is -2.37. The fraction of sp³-hybridized carbons (Fsp3) is 0.867. The van der Waals surface area contributed by atoms with Crippen LogP contribution in [0.15, 0.2) is 0 Å². The third-order valence-electron chi connectivity index (χ3n) is 3.67. The SMILES string of the molecule is CCCCCCCCC(=O)NC1CCC(=O)CC1. The minimum absolute atomic E-state index is 0.171. The summed E-state index contributed by atoms with van der Waals surface area (Å²) in [7, 11) is 0. The summed E-state index contributed by atoms with van der Waals surface area (Å²) in [5.74, 6) is 0.515. The highest BCUT2D eigenvalue weighted by Gasteiger charge is 2.19. The van der Waals surface area contributed by atoms with E-state index >= 15 is 0 Å². The van der Waals surface area contributed by atoms with Crippen LogP contribution >= 0.6 is 0 Å². The van der Waals surface area contributed by atoms with Crippen LogP contribution in [0.2, 0.25) is 0 Å². The Labute approximate surface area is 111 Å². The topological polar surface area (TPSA) is 46.2 Å². The van der Waals surface area contributed by atoms with E-state index in [0.29, 0.717) is 25.0 Å². The van der Waals surface area contributed by atoms with E-state index in [1.165, 1.54) is 25.7 Å². The molecule has 0 radical (unpaired) electrons. The maximum Gasteiger partial charge on any atom is 0.220 e. The van der Waals surface area contributed by atoms with E-state index in [-0.39, 0.29) is 11.9 Å². The van der Waals surface area contributed by atoms with Crippen LogP contribution in [0.25, 0.3) is 0 Å². The molecule has 0 aromatic carbocycles. The molecule has 0 aromatic heterocycles. The van der Waals surface area contributed by atoms with Crippen LogP contribution in [0.5, 0.6) is 0 Å². The van der Waals surface area contributed by atoms with Crippen molar-refractivity contribution in [2.24, 2.45) is 0 Å². The molecule has 0 aromatic rings. The first-order valence-electron chi connectivity index (χ1n) is 7.53.